The highest BCUT2D eigenvalue weighted by Crippen LogP contribution is 2.01. The lowest BCUT2D eigenvalue weighted by molar-refractivity contribution is 0.791. The average Bonchev–Trinajstić information content (AvgIpc) is 2.48. The van der Waals surface area contributed by atoms with E-state index in [0.717, 1.165) is 0 Å². The Kier molecular flexibility index (Phi) is 1.27. The molecule has 0 saturated carbocycles. The molecule has 0 aliphatic heterocycles. The summed E-state index contributed by atoms with van der Waals surface area (Å²) in [7, 11) is 1.69. The van der Waals surface area contributed by atoms with E-state index in [1.54, 1.807) is 14.0 Å². The predicted octanol–water partition coefficient (Wildman–Crippen LogP) is -0.0350. The molecule has 1 N–H and O–H groups in total. The summed E-state index contributed by atoms with van der Waals surface area (Å²) in [5.74, 6) is 0.678. The van der Waals surface area contributed by atoms with Gasteiger partial charge in [0.05, 0.1) is 6.20 Å². The molecule has 0 radical (unpaired) electrons. The molecular weight excluding hydrogens is 156 g/mol. The fourth-order valence-corrected chi connectivity index (χ4v) is 1.09. The zero-order valence-electron chi connectivity index (χ0n) is 6.83. The van der Waals surface area contributed by atoms with Crippen molar-refractivity contribution in [2.24, 2.45) is 7.05 Å². The summed E-state index contributed by atoms with van der Waals surface area (Å²) in [6.45, 7) is 1.78. The second kappa shape index (κ2) is 2.17. The first-order valence-electron chi connectivity index (χ1n) is 3.57. The quantitative estimate of drug-likeness (QED) is 0.594. The van der Waals surface area contributed by atoms with E-state index in [9.17, 15) is 4.79 Å². The van der Waals surface area contributed by atoms with Crippen LogP contribution in [0.2, 0.25) is 0 Å². The number of hydrogen-bond donors (Lipinski definition) is 1. The van der Waals surface area contributed by atoms with Crippen molar-refractivity contribution < 1.29 is 0 Å². The van der Waals surface area contributed by atoms with Crippen LogP contribution in [0.25, 0.3) is 11.0 Å². The molecule has 0 unspecified atom stereocenters. The number of fused-ring (bicyclic) bond motifs is 1. The fraction of sp³-hybridized carbons (Fsp3) is 0.286. The molecule has 2 heterocycles. The summed E-state index contributed by atoms with van der Waals surface area (Å²) in [5.41, 5.74) is 0.488. The number of rotatable bonds is 0. The Balaban J connectivity index is 3.05. The van der Waals surface area contributed by atoms with Crippen LogP contribution in [0.1, 0.15) is 5.82 Å². The Hall–Kier alpha value is -1.65. The number of aromatic nitrogens is 4. The molecule has 0 spiro atoms. The van der Waals surface area contributed by atoms with E-state index < -0.39 is 0 Å². The second-order valence-corrected chi connectivity index (χ2v) is 2.66. The molecule has 0 aliphatic carbocycles. The summed E-state index contributed by atoms with van der Waals surface area (Å²) in [5, 5.41) is 6.93. The largest absolute Gasteiger partial charge is 0.299 e. The van der Waals surface area contributed by atoms with Gasteiger partial charge >= 0.3 is 0 Å². The Morgan fingerprint density at radius 1 is 1.58 bits per heavy atom. The molecule has 2 rings (SSSR count). The van der Waals surface area contributed by atoms with Gasteiger partial charge in [-0.15, -0.1) is 0 Å². The van der Waals surface area contributed by atoms with E-state index in [2.05, 4.69) is 15.2 Å². The average molecular weight is 164 g/mol. The van der Waals surface area contributed by atoms with E-state index in [-0.39, 0.29) is 5.56 Å². The SMILES string of the molecule is Cc1nc2[nH]ncc2c(=O)n1C. The van der Waals surface area contributed by atoms with E-state index >= 15 is 0 Å². The van der Waals surface area contributed by atoms with Crippen molar-refractivity contribution in [2.45, 2.75) is 6.92 Å². The molecule has 0 atom stereocenters. The van der Waals surface area contributed by atoms with Gasteiger partial charge in [-0.2, -0.15) is 5.10 Å². The van der Waals surface area contributed by atoms with Gasteiger partial charge in [0.25, 0.3) is 5.56 Å². The van der Waals surface area contributed by atoms with Crippen LogP contribution in [0.15, 0.2) is 11.0 Å². The van der Waals surface area contributed by atoms with E-state index in [4.69, 9.17) is 0 Å². The molecule has 0 saturated heterocycles. The van der Waals surface area contributed by atoms with Gasteiger partial charge in [-0.3, -0.25) is 14.5 Å². The molecule has 0 aromatic carbocycles. The minimum absolute atomic E-state index is 0.0637. The smallest absolute Gasteiger partial charge is 0.264 e. The van der Waals surface area contributed by atoms with Crippen molar-refractivity contribution in [3.8, 4) is 0 Å². The molecule has 12 heavy (non-hydrogen) atoms. The normalized spacial score (nSPS) is 10.8. The summed E-state index contributed by atoms with van der Waals surface area (Å²) < 4.78 is 1.50. The fourth-order valence-electron chi connectivity index (χ4n) is 1.09. The lowest BCUT2D eigenvalue weighted by Crippen LogP contribution is -2.19. The van der Waals surface area contributed by atoms with Crippen LogP contribution in [-0.4, -0.2) is 19.7 Å². The second-order valence-electron chi connectivity index (χ2n) is 2.66. The molecule has 0 aliphatic rings. The highest BCUT2D eigenvalue weighted by atomic mass is 16.1. The van der Waals surface area contributed by atoms with Crippen molar-refractivity contribution in [1.82, 2.24) is 19.7 Å². The maximum absolute atomic E-state index is 11.5. The van der Waals surface area contributed by atoms with Crippen molar-refractivity contribution in [3.63, 3.8) is 0 Å². The number of aryl methyl sites for hydroxylation is 1. The molecule has 0 bridgehead atoms. The van der Waals surface area contributed by atoms with Gasteiger partial charge in [0.2, 0.25) is 0 Å². The standard InChI is InChI=1S/C7H8N4O/c1-4-9-6-5(3-8-10-6)7(12)11(4)2/h3H,1-2H3,(H,8,10). The Morgan fingerprint density at radius 2 is 2.33 bits per heavy atom. The first-order valence-corrected chi connectivity index (χ1v) is 3.57. The first-order chi connectivity index (χ1) is 5.70. The van der Waals surface area contributed by atoms with E-state index in [1.165, 1.54) is 10.8 Å². The third-order valence-electron chi connectivity index (χ3n) is 1.91. The van der Waals surface area contributed by atoms with E-state index in [1.807, 2.05) is 0 Å². The van der Waals surface area contributed by atoms with Gasteiger partial charge in [0, 0.05) is 7.05 Å². The predicted molar refractivity (Wildman–Crippen MR) is 43.9 cm³/mol. The highest BCUT2D eigenvalue weighted by molar-refractivity contribution is 5.72. The molecule has 5 nitrogen and oxygen atoms in total. The van der Waals surface area contributed by atoms with Crippen molar-refractivity contribution in [3.05, 3.63) is 22.4 Å². The topological polar surface area (TPSA) is 63.6 Å². The van der Waals surface area contributed by atoms with Gasteiger partial charge in [0.1, 0.15) is 11.2 Å². The van der Waals surface area contributed by atoms with Crippen molar-refractivity contribution in [2.75, 3.05) is 0 Å². The van der Waals surface area contributed by atoms with Crippen LogP contribution >= 0.6 is 0 Å². The van der Waals surface area contributed by atoms with Crippen LogP contribution in [0, 0.1) is 6.92 Å². The highest BCUT2D eigenvalue weighted by Gasteiger charge is 2.05. The third kappa shape index (κ3) is 0.761. The lowest BCUT2D eigenvalue weighted by Gasteiger charge is -1.99. The molecule has 62 valence electrons. The number of nitrogens with zero attached hydrogens (tertiary/aromatic N) is 3. The van der Waals surface area contributed by atoms with Gasteiger partial charge in [-0.25, -0.2) is 4.98 Å². The molecule has 2 aromatic heterocycles. The van der Waals surface area contributed by atoms with Crippen LogP contribution in [-0.2, 0) is 7.05 Å². The Morgan fingerprint density at radius 3 is 3.08 bits per heavy atom. The molecular formula is C7H8N4O. The number of aromatic amines is 1. The van der Waals surface area contributed by atoms with Gasteiger partial charge in [0.15, 0.2) is 5.65 Å². The van der Waals surface area contributed by atoms with Gasteiger partial charge < -0.3 is 0 Å². The first kappa shape index (κ1) is 7.02. The summed E-state index contributed by atoms with van der Waals surface area (Å²) in [4.78, 5) is 15.6. The summed E-state index contributed by atoms with van der Waals surface area (Å²) in [6.07, 6.45) is 1.49. The molecule has 0 fully saturated rings. The van der Waals surface area contributed by atoms with Gasteiger partial charge in [-0.1, -0.05) is 0 Å². The molecule has 2 aromatic rings. The van der Waals surface area contributed by atoms with Crippen LogP contribution in [0.5, 0.6) is 0 Å². The summed E-state index contributed by atoms with van der Waals surface area (Å²) >= 11 is 0. The van der Waals surface area contributed by atoms with Crippen molar-refractivity contribution >= 4 is 11.0 Å². The zero-order chi connectivity index (χ0) is 8.72. The maximum Gasteiger partial charge on any atom is 0.264 e. The lowest BCUT2D eigenvalue weighted by atomic mass is 10.4. The zero-order valence-corrected chi connectivity index (χ0v) is 6.83. The van der Waals surface area contributed by atoms with Crippen LogP contribution < -0.4 is 5.56 Å². The Labute approximate surface area is 68.1 Å². The Bertz CT molecular complexity index is 482. The van der Waals surface area contributed by atoms with Crippen LogP contribution in [0.3, 0.4) is 0 Å². The molecule has 5 heteroatoms. The van der Waals surface area contributed by atoms with Gasteiger partial charge in [-0.05, 0) is 6.92 Å². The van der Waals surface area contributed by atoms with Crippen molar-refractivity contribution in [1.29, 1.82) is 0 Å². The minimum Gasteiger partial charge on any atom is -0.299 e. The van der Waals surface area contributed by atoms with E-state index in [0.29, 0.717) is 16.9 Å². The number of H-pyrrole nitrogens is 1. The van der Waals surface area contributed by atoms with Crippen LogP contribution in [0.4, 0.5) is 0 Å². The monoisotopic (exact) mass is 164 g/mol. The minimum atomic E-state index is -0.0637. The summed E-state index contributed by atoms with van der Waals surface area (Å²) in [6, 6.07) is 0. The number of hydrogen-bond acceptors (Lipinski definition) is 3. The third-order valence-corrected chi connectivity index (χ3v) is 1.91. The maximum atomic E-state index is 11.5. The number of nitrogens with one attached hydrogen (secondary N) is 1. The molecule has 0 amide bonds.